The summed E-state index contributed by atoms with van der Waals surface area (Å²) in [5, 5.41) is 7.46. The zero-order valence-electron chi connectivity index (χ0n) is 11.8. The van der Waals surface area contributed by atoms with Crippen molar-refractivity contribution in [2.45, 2.75) is 32.2 Å². The summed E-state index contributed by atoms with van der Waals surface area (Å²) in [6.45, 7) is 3.12. The second-order valence-corrected chi connectivity index (χ2v) is 5.90. The third kappa shape index (κ3) is 3.09. The molecule has 1 N–H and O–H groups in total. The SMILES string of the molecule is CC1CCCNC1c1nc(Cc2cccc(Cl)c2F)no1. The van der Waals surface area contributed by atoms with E-state index < -0.39 is 5.82 Å². The lowest BCUT2D eigenvalue weighted by atomic mass is 9.93. The number of hydrogen-bond acceptors (Lipinski definition) is 4. The first-order chi connectivity index (χ1) is 10.1. The molecule has 3 rings (SSSR count). The Morgan fingerprint density at radius 1 is 1.48 bits per heavy atom. The van der Waals surface area contributed by atoms with Gasteiger partial charge in [-0.1, -0.05) is 35.8 Å². The Bertz CT molecular complexity index is 631. The van der Waals surface area contributed by atoms with Crippen LogP contribution in [0.4, 0.5) is 4.39 Å². The lowest BCUT2D eigenvalue weighted by Gasteiger charge is -2.26. The summed E-state index contributed by atoms with van der Waals surface area (Å²) in [4.78, 5) is 4.40. The van der Waals surface area contributed by atoms with Crippen molar-refractivity contribution in [1.82, 2.24) is 15.5 Å². The molecule has 4 nitrogen and oxygen atoms in total. The van der Waals surface area contributed by atoms with E-state index in [9.17, 15) is 4.39 Å². The van der Waals surface area contributed by atoms with Crippen LogP contribution in [0.3, 0.4) is 0 Å². The van der Waals surface area contributed by atoms with E-state index >= 15 is 0 Å². The van der Waals surface area contributed by atoms with Gasteiger partial charge in [0.15, 0.2) is 5.82 Å². The minimum atomic E-state index is -0.422. The van der Waals surface area contributed by atoms with E-state index in [0.29, 0.717) is 23.2 Å². The average molecular weight is 310 g/mol. The van der Waals surface area contributed by atoms with Gasteiger partial charge in [-0.15, -0.1) is 0 Å². The van der Waals surface area contributed by atoms with Gasteiger partial charge in [-0.2, -0.15) is 4.98 Å². The highest BCUT2D eigenvalue weighted by molar-refractivity contribution is 6.30. The maximum absolute atomic E-state index is 13.9. The fourth-order valence-electron chi connectivity index (χ4n) is 2.70. The Morgan fingerprint density at radius 3 is 3.14 bits per heavy atom. The number of hydrogen-bond donors (Lipinski definition) is 1. The molecule has 2 unspecified atom stereocenters. The second-order valence-electron chi connectivity index (χ2n) is 5.49. The van der Waals surface area contributed by atoms with Crippen LogP contribution >= 0.6 is 11.6 Å². The normalized spacial score (nSPS) is 22.4. The van der Waals surface area contributed by atoms with Crippen LogP contribution in [0.2, 0.25) is 5.02 Å². The van der Waals surface area contributed by atoms with Crippen LogP contribution in [0.25, 0.3) is 0 Å². The first-order valence-corrected chi connectivity index (χ1v) is 7.51. The summed E-state index contributed by atoms with van der Waals surface area (Å²) in [5.41, 5.74) is 0.472. The minimum absolute atomic E-state index is 0.0872. The summed E-state index contributed by atoms with van der Waals surface area (Å²) in [6, 6.07) is 5.00. The molecule has 0 aliphatic carbocycles. The van der Waals surface area contributed by atoms with Crippen LogP contribution in [0, 0.1) is 11.7 Å². The standard InChI is InChI=1S/C15H17ClFN3O/c1-9-4-3-7-18-14(9)15-19-12(20-21-15)8-10-5-2-6-11(16)13(10)17/h2,5-6,9,14,18H,3-4,7-8H2,1H3. The topological polar surface area (TPSA) is 51.0 Å². The van der Waals surface area contributed by atoms with E-state index in [4.69, 9.17) is 16.1 Å². The number of nitrogens with zero attached hydrogens (tertiary/aromatic N) is 2. The van der Waals surface area contributed by atoms with E-state index in [-0.39, 0.29) is 17.5 Å². The molecule has 112 valence electrons. The quantitative estimate of drug-likeness (QED) is 0.942. The Kier molecular flexibility index (Phi) is 4.22. The average Bonchev–Trinajstić information content (AvgIpc) is 2.93. The molecule has 1 aromatic carbocycles. The molecule has 1 saturated heterocycles. The molecule has 0 bridgehead atoms. The van der Waals surface area contributed by atoms with Gasteiger partial charge in [0.1, 0.15) is 5.82 Å². The molecule has 2 aromatic rings. The highest BCUT2D eigenvalue weighted by atomic mass is 35.5. The van der Waals surface area contributed by atoms with Gasteiger partial charge < -0.3 is 9.84 Å². The van der Waals surface area contributed by atoms with Gasteiger partial charge in [0.05, 0.1) is 11.1 Å². The number of nitrogens with one attached hydrogen (secondary N) is 1. The third-order valence-corrected chi connectivity index (χ3v) is 4.19. The maximum Gasteiger partial charge on any atom is 0.244 e. The molecule has 2 atom stereocenters. The lowest BCUT2D eigenvalue weighted by Crippen LogP contribution is -2.33. The van der Waals surface area contributed by atoms with Crippen LogP contribution in [-0.4, -0.2) is 16.7 Å². The highest BCUT2D eigenvalue weighted by Crippen LogP contribution is 2.28. The van der Waals surface area contributed by atoms with Crippen molar-refractivity contribution >= 4 is 11.6 Å². The fraction of sp³-hybridized carbons (Fsp3) is 0.467. The Hall–Kier alpha value is -1.46. The molecule has 2 heterocycles. The van der Waals surface area contributed by atoms with Crippen molar-refractivity contribution in [3.8, 4) is 0 Å². The van der Waals surface area contributed by atoms with E-state index in [1.807, 2.05) is 0 Å². The van der Waals surface area contributed by atoms with Crippen LogP contribution in [0.5, 0.6) is 0 Å². The molecule has 1 aliphatic rings. The summed E-state index contributed by atoms with van der Waals surface area (Å²) in [7, 11) is 0. The Balaban J connectivity index is 1.77. The highest BCUT2D eigenvalue weighted by Gasteiger charge is 2.27. The number of aromatic nitrogens is 2. The van der Waals surface area contributed by atoms with Crippen molar-refractivity contribution in [3.05, 3.63) is 46.3 Å². The van der Waals surface area contributed by atoms with Crippen LogP contribution in [0.1, 0.15) is 43.1 Å². The van der Waals surface area contributed by atoms with Crippen LogP contribution in [0.15, 0.2) is 22.7 Å². The van der Waals surface area contributed by atoms with Crippen molar-refractivity contribution in [1.29, 1.82) is 0 Å². The second kappa shape index (κ2) is 6.12. The van der Waals surface area contributed by atoms with Crippen molar-refractivity contribution in [2.75, 3.05) is 6.54 Å². The number of halogens is 2. The number of piperidine rings is 1. The molecule has 0 saturated carbocycles. The Morgan fingerprint density at radius 2 is 2.33 bits per heavy atom. The van der Waals surface area contributed by atoms with E-state index in [1.54, 1.807) is 12.1 Å². The zero-order valence-corrected chi connectivity index (χ0v) is 12.5. The predicted molar refractivity (Wildman–Crippen MR) is 77.7 cm³/mol. The zero-order chi connectivity index (χ0) is 14.8. The van der Waals surface area contributed by atoms with E-state index in [2.05, 4.69) is 22.4 Å². The summed E-state index contributed by atoms with van der Waals surface area (Å²) in [6.07, 6.45) is 2.57. The fourth-order valence-corrected chi connectivity index (χ4v) is 2.90. The molecule has 0 amide bonds. The van der Waals surface area contributed by atoms with Crippen molar-refractivity contribution in [2.24, 2.45) is 5.92 Å². The molecule has 21 heavy (non-hydrogen) atoms. The van der Waals surface area contributed by atoms with Gasteiger partial charge in [0.2, 0.25) is 5.89 Å². The number of benzene rings is 1. The minimum Gasteiger partial charge on any atom is -0.338 e. The molecule has 1 fully saturated rings. The molecule has 6 heteroatoms. The third-order valence-electron chi connectivity index (χ3n) is 3.90. The molecular formula is C15H17ClFN3O. The molecule has 1 aliphatic heterocycles. The molecular weight excluding hydrogens is 293 g/mol. The Labute approximate surface area is 127 Å². The first-order valence-electron chi connectivity index (χ1n) is 7.14. The van der Waals surface area contributed by atoms with E-state index in [1.165, 1.54) is 6.07 Å². The predicted octanol–water partition coefficient (Wildman–Crippen LogP) is 3.51. The lowest BCUT2D eigenvalue weighted by molar-refractivity contribution is 0.239. The largest absolute Gasteiger partial charge is 0.338 e. The number of rotatable bonds is 3. The van der Waals surface area contributed by atoms with E-state index in [0.717, 1.165) is 19.4 Å². The summed E-state index contributed by atoms with van der Waals surface area (Å²) < 4.78 is 19.2. The van der Waals surface area contributed by atoms with Crippen molar-refractivity contribution in [3.63, 3.8) is 0 Å². The van der Waals surface area contributed by atoms with Gasteiger partial charge in [-0.3, -0.25) is 0 Å². The van der Waals surface area contributed by atoms with Crippen molar-refractivity contribution < 1.29 is 8.91 Å². The monoisotopic (exact) mass is 309 g/mol. The van der Waals surface area contributed by atoms with Crippen LogP contribution < -0.4 is 5.32 Å². The first kappa shape index (κ1) is 14.5. The summed E-state index contributed by atoms with van der Waals surface area (Å²) >= 11 is 5.78. The van der Waals surface area contributed by atoms with Gasteiger partial charge in [0, 0.05) is 6.42 Å². The van der Waals surface area contributed by atoms with Gasteiger partial charge >= 0.3 is 0 Å². The summed E-state index contributed by atoms with van der Waals surface area (Å²) in [5.74, 6) is 1.09. The van der Waals surface area contributed by atoms with Gasteiger partial charge in [-0.25, -0.2) is 4.39 Å². The van der Waals surface area contributed by atoms with Gasteiger partial charge in [-0.05, 0) is 36.9 Å². The smallest absolute Gasteiger partial charge is 0.244 e. The molecule has 1 aromatic heterocycles. The van der Waals surface area contributed by atoms with Crippen LogP contribution in [-0.2, 0) is 6.42 Å². The molecule has 0 radical (unpaired) electrons. The maximum atomic E-state index is 13.9. The van der Waals surface area contributed by atoms with Gasteiger partial charge in [0.25, 0.3) is 0 Å². The molecule has 0 spiro atoms.